The van der Waals surface area contributed by atoms with E-state index in [4.69, 9.17) is 5.11 Å². The number of rotatable bonds is 1. The van der Waals surface area contributed by atoms with E-state index in [1.165, 1.54) is 25.7 Å². The maximum absolute atomic E-state index is 8.89. The SMILES string of the molecule is OCC1C[C@@H]2CCC1C2. The van der Waals surface area contributed by atoms with Crippen molar-refractivity contribution in [2.24, 2.45) is 17.8 Å². The van der Waals surface area contributed by atoms with Crippen molar-refractivity contribution in [3.8, 4) is 0 Å². The molecule has 2 aliphatic carbocycles. The molecular formula is C8H14O. The van der Waals surface area contributed by atoms with Crippen LogP contribution in [0.4, 0.5) is 0 Å². The lowest BCUT2D eigenvalue weighted by atomic mass is 9.90. The monoisotopic (exact) mass is 126 g/mol. The van der Waals surface area contributed by atoms with Crippen LogP contribution in [-0.4, -0.2) is 11.7 Å². The van der Waals surface area contributed by atoms with Gasteiger partial charge in [-0.2, -0.15) is 0 Å². The lowest BCUT2D eigenvalue weighted by Gasteiger charge is -2.18. The van der Waals surface area contributed by atoms with E-state index in [9.17, 15) is 0 Å². The smallest absolute Gasteiger partial charge is 0.0462 e. The van der Waals surface area contributed by atoms with Crippen molar-refractivity contribution < 1.29 is 5.11 Å². The molecule has 0 radical (unpaired) electrons. The van der Waals surface area contributed by atoms with Gasteiger partial charge in [-0.1, -0.05) is 6.42 Å². The van der Waals surface area contributed by atoms with Crippen molar-refractivity contribution in [3.63, 3.8) is 0 Å². The Balaban J connectivity index is 2.01. The zero-order chi connectivity index (χ0) is 6.27. The highest BCUT2D eigenvalue weighted by molar-refractivity contribution is 4.89. The lowest BCUT2D eigenvalue weighted by Crippen LogP contribution is -2.13. The molecule has 0 saturated heterocycles. The third kappa shape index (κ3) is 0.787. The van der Waals surface area contributed by atoms with Gasteiger partial charge in [0, 0.05) is 6.61 Å². The minimum absolute atomic E-state index is 0.446. The summed E-state index contributed by atoms with van der Waals surface area (Å²) in [6.07, 6.45) is 5.59. The Morgan fingerprint density at radius 1 is 1.22 bits per heavy atom. The van der Waals surface area contributed by atoms with Gasteiger partial charge in [-0.3, -0.25) is 0 Å². The van der Waals surface area contributed by atoms with Crippen LogP contribution in [0.5, 0.6) is 0 Å². The Morgan fingerprint density at radius 2 is 2.11 bits per heavy atom. The van der Waals surface area contributed by atoms with Gasteiger partial charge >= 0.3 is 0 Å². The lowest BCUT2D eigenvalue weighted by molar-refractivity contribution is 0.177. The van der Waals surface area contributed by atoms with Crippen LogP contribution in [0, 0.1) is 17.8 Å². The standard InChI is InChI=1S/C8H14O/c9-5-8-4-6-1-2-7(8)3-6/h6-9H,1-5H2/t6-,7?,8?/m1/s1. The van der Waals surface area contributed by atoms with Crippen molar-refractivity contribution in [2.75, 3.05) is 6.61 Å². The van der Waals surface area contributed by atoms with E-state index in [-0.39, 0.29) is 0 Å². The maximum Gasteiger partial charge on any atom is 0.0462 e. The fraction of sp³-hybridized carbons (Fsp3) is 1.00. The van der Waals surface area contributed by atoms with Crippen LogP contribution in [-0.2, 0) is 0 Å². The summed E-state index contributed by atoms with van der Waals surface area (Å²) in [6.45, 7) is 0.446. The number of aliphatic hydroxyl groups excluding tert-OH is 1. The Morgan fingerprint density at radius 3 is 2.44 bits per heavy atom. The third-order valence-electron chi connectivity index (χ3n) is 3.12. The quantitative estimate of drug-likeness (QED) is 0.563. The molecule has 2 unspecified atom stereocenters. The Hall–Kier alpha value is -0.0400. The number of hydrogen-bond acceptors (Lipinski definition) is 1. The van der Waals surface area contributed by atoms with Crippen LogP contribution >= 0.6 is 0 Å². The summed E-state index contributed by atoms with van der Waals surface area (Å²) in [7, 11) is 0. The number of hydrogen-bond donors (Lipinski definition) is 1. The van der Waals surface area contributed by atoms with Gasteiger partial charge in [-0.05, 0) is 37.0 Å². The van der Waals surface area contributed by atoms with Crippen molar-refractivity contribution >= 4 is 0 Å². The van der Waals surface area contributed by atoms with Gasteiger partial charge in [0.25, 0.3) is 0 Å². The van der Waals surface area contributed by atoms with Crippen molar-refractivity contribution in [1.82, 2.24) is 0 Å². The summed E-state index contributed by atoms with van der Waals surface area (Å²) in [4.78, 5) is 0. The van der Waals surface area contributed by atoms with E-state index in [2.05, 4.69) is 0 Å². The summed E-state index contributed by atoms with van der Waals surface area (Å²) in [5, 5.41) is 8.89. The first-order valence-electron chi connectivity index (χ1n) is 4.01. The Labute approximate surface area is 56.1 Å². The van der Waals surface area contributed by atoms with Crippen molar-refractivity contribution in [3.05, 3.63) is 0 Å². The maximum atomic E-state index is 8.89. The van der Waals surface area contributed by atoms with Crippen LogP contribution in [0.3, 0.4) is 0 Å². The number of aliphatic hydroxyl groups is 1. The molecule has 2 rings (SSSR count). The Kier molecular flexibility index (Phi) is 1.26. The summed E-state index contributed by atoms with van der Waals surface area (Å²) in [5.41, 5.74) is 0. The van der Waals surface area contributed by atoms with E-state index in [0.29, 0.717) is 12.5 Å². The van der Waals surface area contributed by atoms with Crippen LogP contribution in [0.25, 0.3) is 0 Å². The predicted octanol–water partition coefficient (Wildman–Crippen LogP) is 1.41. The van der Waals surface area contributed by atoms with Crippen LogP contribution in [0.2, 0.25) is 0 Å². The zero-order valence-electron chi connectivity index (χ0n) is 5.71. The molecular weight excluding hydrogens is 112 g/mol. The molecule has 2 saturated carbocycles. The van der Waals surface area contributed by atoms with Crippen LogP contribution < -0.4 is 0 Å². The second-order valence-electron chi connectivity index (χ2n) is 3.62. The number of fused-ring (bicyclic) bond motifs is 2. The fourth-order valence-corrected chi connectivity index (χ4v) is 2.60. The topological polar surface area (TPSA) is 20.2 Å². The highest BCUT2D eigenvalue weighted by atomic mass is 16.3. The molecule has 0 amide bonds. The molecule has 52 valence electrons. The molecule has 9 heavy (non-hydrogen) atoms. The molecule has 1 heteroatoms. The highest BCUT2D eigenvalue weighted by Crippen LogP contribution is 2.47. The zero-order valence-corrected chi connectivity index (χ0v) is 5.71. The summed E-state index contributed by atoms with van der Waals surface area (Å²) >= 11 is 0. The average Bonchev–Trinajstić information content (AvgIpc) is 2.45. The molecule has 0 aromatic rings. The van der Waals surface area contributed by atoms with E-state index < -0.39 is 0 Å². The molecule has 2 bridgehead atoms. The van der Waals surface area contributed by atoms with Gasteiger partial charge in [0.1, 0.15) is 0 Å². The second-order valence-corrected chi connectivity index (χ2v) is 3.62. The molecule has 0 aromatic heterocycles. The molecule has 0 heterocycles. The molecule has 2 fully saturated rings. The summed E-state index contributed by atoms with van der Waals surface area (Å²) in [5.74, 6) is 2.58. The first kappa shape index (κ1) is 5.72. The van der Waals surface area contributed by atoms with Crippen molar-refractivity contribution in [1.29, 1.82) is 0 Å². The molecule has 0 aromatic carbocycles. The third-order valence-corrected chi connectivity index (χ3v) is 3.12. The molecule has 3 atom stereocenters. The van der Waals surface area contributed by atoms with Gasteiger partial charge in [-0.15, -0.1) is 0 Å². The molecule has 0 spiro atoms. The van der Waals surface area contributed by atoms with Gasteiger partial charge < -0.3 is 5.11 Å². The van der Waals surface area contributed by atoms with E-state index >= 15 is 0 Å². The fourth-order valence-electron chi connectivity index (χ4n) is 2.60. The predicted molar refractivity (Wildman–Crippen MR) is 36.0 cm³/mol. The van der Waals surface area contributed by atoms with Gasteiger partial charge in [0.2, 0.25) is 0 Å². The molecule has 1 nitrogen and oxygen atoms in total. The van der Waals surface area contributed by atoms with Gasteiger partial charge in [0.05, 0.1) is 0 Å². The highest BCUT2D eigenvalue weighted by Gasteiger charge is 2.38. The first-order chi connectivity index (χ1) is 4.40. The normalized spacial score (nSPS) is 48.3. The minimum Gasteiger partial charge on any atom is -0.396 e. The van der Waals surface area contributed by atoms with E-state index in [0.717, 1.165) is 11.8 Å². The van der Waals surface area contributed by atoms with Gasteiger partial charge in [-0.25, -0.2) is 0 Å². The molecule has 1 N–H and O–H groups in total. The minimum atomic E-state index is 0.446. The van der Waals surface area contributed by atoms with Crippen LogP contribution in [0.15, 0.2) is 0 Å². The Bertz CT molecular complexity index is 111. The van der Waals surface area contributed by atoms with Crippen LogP contribution in [0.1, 0.15) is 25.7 Å². The van der Waals surface area contributed by atoms with Crippen molar-refractivity contribution in [2.45, 2.75) is 25.7 Å². The largest absolute Gasteiger partial charge is 0.396 e. The molecule has 0 aliphatic heterocycles. The molecule has 2 aliphatic rings. The van der Waals surface area contributed by atoms with E-state index in [1.54, 1.807) is 0 Å². The average molecular weight is 126 g/mol. The van der Waals surface area contributed by atoms with Gasteiger partial charge in [0.15, 0.2) is 0 Å². The summed E-state index contributed by atoms with van der Waals surface area (Å²) in [6, 6.07) is 0. The summed E-state index contributed by atoms with van der Waals surface area (Å²) < 4.78 is 0. The second kappa shape index (κ2) is 1.98. The first-order valence-corrected chi connectivity index (χ1v) is 4.01. The van der Waals surface area contributed by atoms with E-state index in [1.807, 2.05) is 0 Å².